The molecular weight excluding hydrogens is 1260 g/mol. The molecule has 10 heteroatoms. The van der Waals surface area contributed by atoms with Crippen LogP contribution in [0.3, 0.4) is 0 Å². The second-order valence-electron chi connectivity index (χ2n) is 25.0. The van der Waals surface area contributed by atoms with E-state index in [9.17, 15) is 0 Å². The second kappa shape index (κ2) is 34.8. The molecule has 0 saturated carbocycles. The summed E-state index contributed by atoms with van der Waals surface area (Å²) in [5, 5.41) is 0. The van der Waals surface area contributed by atoms with Crippen molar-refractivity contribution in [1.29, 1.82) is 0 Å². The van der Waals surface area contributed by atoms with Crippen molar-refractivity contribution < 1.29 is 0 Å². The van der Waals surface area contributed by atoms with E-state index in [0.717, 1.165) is 25.7 Å². The molecule has 20 bridgehead atoms. The second-order valence-corrected chi connectivity index (χ2v) is 36.1. The standard InChI is InChI=1S/C78H96S10/c1-5-9-13-17-21-25-31-55-51-71-63-47-48-64(83-63)72-52-56(32-26-22-18-14-10-6-2)76(86-72)68-45-41-61(81-68)37-30-38-62-42-46-70(82-62)78-58(34-28-24-20-16-12-8-4)54-74(88-78)66-50-49-65(84-66)73-53-57(33-27-23-19-15-11-7-3)77(87-73)69-44-40-60(80-69)36-29-35-59-39-43-67(79-59)75(55)85-71/h39-54H,5-38H2,1-4H3. The van der Waals surface area contributed by atoms with Crippen molar-refractivity contribution in [3.05, 3.63) is 139 Å². The maximum atomic E-state index is 2.60. The quantitative estimate of drug-likeness (QED) is 0.0429. The van der Waals surface area contributed by atoms with Gasteiger partial charge in [0.2, 0.25) is 0 Å². The monoisotopic (exact) mass is 1350 g/mol. The molecule has 10 aromatic heterocycles. The highest BCUT2D eigenvalue weighted by Crippen LogP contribution is 2.51. The zero-order valence-corrected chi connectivity index (χ0v) is 61.5. The highest BCUT2D eigenvalue weighted by molar-refractivity contribution is 7.31. The van der Waals surface area contributed by atoms with Crippen LogP contribution in [0.1, 0.15) is 236 Å². The van der Waals surface area contributed by atoms with Crippen LogP contribution in [-0.2, 0) is 51.4 Å². The van der Waals surface area contributed by atoms with Crippen LogP contribution < -0.4 is 0 Å². The summed E-state index contributed by atoms with van der Waals surface area (Å²) in [6.07, 6.45) is 43.7. The van der Waals surface area contributed by atoms with Gasteiger partial charge in [-0.05, 0) is 209 Å². The minimum Gasteiger partial charge on any atom is -0.139 e. The first-order valence-corrected chi connectivity index (χ1v) is 42.7. The van der Waals surface area contributed by atoms with Crippen molar-refractivity contribution in [1.82, 2.24) is 0 Å². The predicted octanol–water partition coefficient (Wildman–Crippen LogP) is 29.9. The van der Waals surface area contributed by atoms with Crippen LogP contribution in [0, 0.1) is 0 Å². The molecule has 11 rings (SSSR count). The van der Waals surface area contributed by atoms with Gasteiger partial charge in [-0.25, -0.2) is 0 Å². The fourth-order valence-corrected chi connectivity index (χ4v) is 24.7. The molecule has 0 spiro atoms. The molecule has 0 N–H and O–H groups in total. The van der Waals surface area contributed by atoms with E-state index in [0.29, 0.717) is 0 Å². The Bertz CT molecular complexity index is 3170. The van der Waals surface area contributed by atoms with Gasteiger partial charge < -0.3 is 0 Å². The summed E-state index contributed by atoms with van der Waals surface area (Å²) in [5.41, 5.74) is 6.27. The van der Waals surface area contributed by atoms with Crippen LogP contribution in [0.15, 0.2) is 97.1 Å². The molecule has 0 fully saturated rings. The number of hydrogen-bond acceptors (Lipinski definition) is 10. The van der Waals surface area contributed by atoms with Crippen molar-refractivity contribution in [3.63, 3.8) is 0 Å². The highest BCUT2D eigenvalue weighted by Gasteiger charge is 2.22. The number of hydrogen-bond donors (Lipinski definition) is 0. The molecule has 88 heavy (non-hydrogen) atoms. The molecule has 1 aliphatic heterocycles. The van der Waals surface area contributed by atoms with Crippen LogP contribution in [0.2, 0.25) is 0 Å². The number of thiophene rings is 10. The molecule has 0 aromatic carbocycles. The van der Waals surface area contributed by atoms with Crippen LogP contribution >= 0.6 is 113 Å². The highest BCUT2D eigenvalue weighted by atomic mass is 32.1. The van der Waals surface area contributed by atoms with Crippen molar-refractivity contribution in [3.8, 4) is 78.0 Å². The lowest BCUT2D eigenvalue weighted by Gasteiger charge is -2.03. The molecule has 0 unspecified atom stereocenters. The van der Waals surface area contributed by atoms with Gasteiger partial charge in [-0.15, -0.1) is 113 Å². The minimum absolute atomic E-state index is 1.14. The summed E-state index contributed by atoms with van der Waals surface area (Å²) < 4.78 is 0. The third kappa shape index (κ3) is 18.2. The summed E-state index contributed by atoms with van der Waals surface area (Å²) in [7, 11) is 0. The topological polar surface area (TPSA) is 0 Å². The minimum atomic E-state index is 1.14. The fourth-order valence-electron chi connectivity index (χ4n) is 12.8. The number of aryl methyl sites for hydroxylation is 8. The van der Waals surface area contributed by atoms with Gasteiger partial charge in [0.1, 0.15) is 0 Å². The molecule has 11 heterocycles. The van der Waals surface area contributed by atoms with Gasteiger partial charge in [-0.2, -0.15) is 0 Å². The third-order valence-corrected chi connectivity index (χ3v) is 30.8. The molecule has 0 aliphatic carbocycles. The van der Waals surface area contributed by atoms with E-state index in [-0.39, 0.29) is 0 Å². The van der Waals surface area contributed by atoms with Gasteiger partial charge in [-0.1, -0.05) is 156 Å². The lowest BCUT2D eigenvalue weighted by molar-refractivity contribution is 0.608. The first-order chi connectivity index (χ1) is 43.4. The first kappa shape index (κ1) is 66.5. The Morgan fingerprint density at radius 1 is 0.216 bits per heavy atom. The average Bonchev–Trinajstić information content (AvgIpc) is 2.46. The SMILES string of the molecule is CCCCCCCCc1cc2sc1-c1ccc(s1)CCCc1ccc(s1)-c1sc(cc1CCCCCCCC)-c1ccc(s1)-c1cc(CCCCCCCC)c(s1)-c1ccc(s1)CCCc1ccc(s1)-c1sc(cc1CCCCCCCC)-c1ccc-2s1. The smallest absolute Gasteiger partial charge is 0.0481 e. The summed E-state index contributed by atoms with van der Waals surface area (Å²) in [5.74, 6) is 0. The number of fused-ring (bicyclic) bond motifs is 28. The predicted molar refractivity (Wildman–Crippen MR) is 408 cm³/mol. The molecule has 0 nitrogen and oxygen atoms in total. The van der Waals surface area contributed by atoms with Gasteiger partial charge >= 0.3 is 0 Å². The Hall–Kier alpha value is -3.00. The van der Waals surface area contributed by atoms with Crippen LogP contribution in [0.25, 0.3) is 78.0 Å². The molecule has 0 radical (unpaired) electrons. The van der Waals surface area contributed by atoms with E-state index in [2.05, 4.69) is 215 Å². The summed E-state index contributed by atoms with van der Waals surface area (Å²) in [6.45, 7) is 9.32. The summed E-state index contributed by atoms with van der Waals surface area (Å²) in [6, 6.07) is 39.9. The Balaban J connectivity index is 0.898. The van der Waals surface area contributed by atoms with Crippen LogP contribution in [0.4, 0.5) is 0 Å². The molecule has 10 aromatic rings. The molecule has 0 amide bonds. The van der Waals surface area contributed by atoms with Crippen LogP contribution in [0.5, 0.6) is 0 Å². The average molecular weight is 1350 g/mol. The molecule has 0 saturated heterocycles. The largest absolute Gasteiger partial charge is 0.139 e. The molecule has 1 aliphatic rings. The molecular formula is C78H96S10. The van der Waals surface area contributed by atoms with Gasteiger partial charge in [0.05, 0.1) is 0 Å². The molecule has 468 valence electrons. The van der Waals surface area contributed by atoms with E-state index in [4.69, 9.17) is 0 Å². The lowest BCUT2D eigenvalue weighted by atomic mass is 10.0. The number of rotatable bonds is 28. The van der Waals surface area contributed by atoms with Crippen molar-refractivity contribution in [2.45, 2.75) is 246 Å². The normalized spacial score (nSPS) is 12.9. The summed E-state index contributed by atoms with van der Waals surface area (Å²) >= 11 is 20.6. The zero-order chi connectivity index (χ0) is 60.3. The van der Waals surface area contributed by atoms with Gasteiger partial charge in [0, 0.05) is 97.5 Å². The van der Waals surface area contributed by atoms with E-state index in [1.54, 1.807) is 22.3 Å². The fraction of sp³-hybridized carbons (Fsp3) is 0.487. The van der Waals surface area contributed by atoms with Crippen molar-refractivity contribution in [2.75, 3.05) is 0 Å². The Morgan fingerprint density at radius 3 is 0.670 bits per heavy atom. The Labute approximate surface area is 570 Å². The molecule has 0 atom stereocenters. The zero-order valence-electron chi connectivity index (χ0n) is 53.4. The maximum absolute atomic E-state index is 2.60. The Kier molecular flexibility index (Phi) is 26.3. The third-order valence-electron chi connectivity index (χ3n) is 17.9. The van der Waals surface area contributed by atoms with Gasteiger partial charge in [-0.3, -0.25) is 0 Å². The number of unbranched alkanes of at least 4 members (excludes halogenated alkanes) is 20. The van der Waals surface area contributed by atoms with Crippen LogP contribution in [-0.4, -0.2) is 0 Å². The van der Waals surface area contributed by atoms with E-state index in [1.165, 1.54) is 290 Å². The van der Waals surface area contributed by atoms with E-state index < -0.39 is 0 Å². The van der Waals surface area contributed by atoms with E-state index in [1.807, 2.05) is 22.7 Å². The summed E-state index contributed by atoms with van der Waals surface area (Å²) in [4.78, 5) is 29.6. The van der Waals surface area contributed by atoms with Gasteiger partial charge in [0.25, 0.3) is 0 Å². The first-order valence-electron chi connectivity index (χ1n) is 34.5. The van der Waals surface area contributed by atoms with E-state index >= 15 is 0 Å². The maximum Gasteiger partial charge on any atom is 0.0481 e. The van der Waals surface area contributed by atoms with Crippen molar-refractivity contribution in [2.24, 2.45) is 0 Å². The van der Waals surface area contributed by atoms with Gasteiger partial charge in [0.15, 0.2) is 0 Å². The van der Waals surface area contributed by atoms with Crippen molar-refractivity contribution >= 4 is 113 Å². The Morgan fingerprint density at radius 2 is 0.432 bits per heavy atom. The lowest BCUT2D eigenvalue weighted by Crippen LogP contribution is -1.86.